The predicted octanol–water partition coefficient (Wildman–Crippen LogP) is 3.87. The molecular weight excluding hydrogens is 242 g/mol. The largest absolute Gasteiger partial charge is 0.453 e. The third kappa shape index (κ3) is 3.46. The topological polar surface area (TPSA) is 39.2 Å². The Labute approximate surface area is 94.0 Å². The van der Waals surface area contributed by atoms with Gasteiger partial charge in [0.25, 0.3) is 0 Å². The molecule has 14 heavy (non-hydrogen) atoms. The fourth-order valence-corrected chi connectivity index (χ4v) is 2.01. The average molecular weight is 260 g/mol. The van der Waals surface area contributed by atoms with Crippen LogP contribution in [0.15, 0.2) is 21.2 Å². The van der Waals surface area contributed by atoms with E-state index in [1.165, 1.54) is 12.8 Å². The number of rotatable bonds is 5. The Bertz CT molecular complexity index is 272. The molecule has 0 bridgehead atoms. The fourth-order valence-electron chi connectivity index (χ4n) is 1.69. The van der Waals surface area contributed by atoms with Crippen molar-refractivity contribution < 1.29 is 4.42 Å². The minimum absolute atomic E-state index is 0.0304. The Morgan fingerprint density at radius 3 is 2.71 bits per heavy atom. The first-order chi connectivity index (χ1) is 6.63. The van der Waals surface area contributed by atoms with Crippen molar-refractivity contribution in [1.82, 2.24) is 0 Å². The third-order valence-electron chi connectivity index (χ3n) is 2.40. The zero-order chi connectivity index (χ0) is 10.6. The van der Waals surface area contributed by atoms with E-state index in [4.69, 9.17) is 10.2 Å². The highest BCUT2D eigenvalue weighted by atomic mass is 79.9. The Morgan fingerprint density at radius 2 is 2.21 bits per heavy atom. The summed E-state index contributed by atoms with van der Waals surface area (Å²) in [5.41, 5.74) is 6.02. The van der Waals surface area contributed by atoms with Crippen molar-refractivity contribution in [2.24, 2.45) is 11.7 Å². The quantitative estimate of drug-likeness (QED) is 0.872. The number of hydrogen-bond acceptors (Lipinski definition) is 2. The molecule has 80 valence electrons. The lowest BCUT2D eigenvalue weighted by Gasteiger charge is -2.14. The molecule has 1 aromatic heterocycles. The lowest BCUT2D eigenvalue weighted by Crippen LogP contribution is -2.13. The van der Waals surface area contributed by atoms with Crippen LogP contribution in [0.1, 0.15) is 44.9 Å². The number of halogens is 1. The second kappa shape index (κ2) is 5.56. The molecule has 0 aliphatic rings. The summed E-state index contributed by atoms with van der Waals surface area (Å²) in [7, 11) is 0. The van der Waals surface area contributed by atoms with Crippen LogP contribution in [-0.4, -0.2) is 0 Å². The van der Waals surface area contributed by atoms with Crippen molar-refractivity contribution >= 4 is 15.9 Å². The van der Waals surface area contributed by atoms with Crippen molar-refractivity contribution in [2.75, 3.05) is 0 Å². The fraction of sp³-hybridized carbons (Fsp3) is 0.636. The molecule has 2 unspecified atom stereocenters. The van der Waals surface area contributed by atoms with E-state index in [-0.39, 0.29) is 6.04 Å². The zero-order valence-corrected chi connectivity index (χ0v) is 10.4. The smallest absolute Gasteiger partial charge is 0.169 e. The van der Waals surface area contributed by atoms with Crippen LogP contribution in [0.2, 0.25) is 0 Å². The van der Waals surface area contributed by atoms with Gasteiger partial charge in [0.05, 0.1) is 6.04 Å². The van der Waals surface area contributed by atoms with E-state index in [1.54, 1.807) is 0 Å². The van der Waals surface area contributed by atoms with E-state index in [2.05, 4.69) is 29.8 Å². The molecule has 2 N–H and O–H groups in total. The van der Waals surface area contributed by atoms with Crippen LogP contribution in [-0.2, 0) is 0 Å². The molecule has 0 saturated carbocycles. The summed E-state index contributed by atoms with van der Waals surface area (Å²) in [6.45, 7) is 4.44. The maximum Gasteiger partial charge on any atom is 0.169 e. The van der Waals surface area contributed by atoms with E-state index in [9.17, 15) is 0 Å². The van der Waals surface area contributed by atoms with Gasteiger partial charge in [0.2, 0.25) is 0 Å². The molecule has 0 amide bonds. The minimum Gasteiger partial charge on any atom is -0.453 e. The van der Waals surface area contributed by atoms with Crippen molar-refractivity contribution in [1.29, 1.82) is 0 Å². The normalized spacial score (nSPS) is 15.4. The molecule has 1 heterocycles. The summed E-state index contributed by atoms with van der Waals surface area (Å²) in [5.74, 6) is 1.54. The van der Waals surface area contributed by atoms with Gasteiger partial charge < -0.3 is 10.2 Å². The minimum atomic E-state index is 0.0304. The summed E-state index contributed by atoms with van der Waals surface area (Å²) >= 11 is 3.28. The number of furan rings is 1. The van der Waals surface area contributed by atoms with Gasteiger partial charge in [0.15, 0.2) is 4.67 Å². The van der Waals surface area contributed by atoms with Gasteiger partial charge in [-0.2, -0.15) is 0 Å². The molecule has 0 fully saturated rings. The Balaban J connectivity index is 2.45. The lowest BCUT2D eigenvalue weighted by atomic mass is 9.97. The summed E-state index contributed by atoms with van der Waals surface area (Å²) < 4.78 is 6.17. The molecule has 0 aromatic carbocycles. The highest BCUT2D eigenvalue weighted by molar-refractivity contribution is 9.10. The molecule has 2 nitrogen and oxygen atoms in total. The van der Waals surface area contributed by atoms with Crippen LogP contribution in [0.4, 0.5) is 0 Å². The van der Waals surface area contributed by atoms with E-state index in [1.807, 2.05) is 12.1 Å². The number of nitrogens with two attached hydrogens (primary N) is 1. The molecule has 0 saturated heterocycles. The van der Waals surface area contributed by atoms with Crippen LogP contribution in [0.25, 0.3) is 0 Å². The summed E-state index contributed by atoms with van der Waals surface area (Å²) in [6.07, 6.45) is 3.44. The van der Waals surface area contributed by atoms with Crippen LogP contribution >= 0.6 is 15.9 Å². The van der Waals surface area contributed by atoms with E-state index in [0.29, 0.717) is 5.92 Å². The standard InChI is InChI=1S/C11H18BrNO/c1-3-4-8(2)7-9(13)10-5-6-11(12)14-10/h5-6,8-9H,3-4,7,13H2,1-2H3. The highest BCUT2D eigenvalue weighted by Gasteiger charge is 2.13. The van der Waals surface area contributed by atoms with Crippen molar-refractivity contribution in [2.45, 2.75) is 39.2 Å². The second-order valence-corrected chi connectivity index (χ2v) is 4.66. The van der Waals surface area contributed by atoms with Crippen LogP contribution in [0, 0.1) is 5.92 Å². The maximum atomic E-state index is 6.02. The predicted molar refractivity (Wildman–Crippen MR) is 62.0 cm³/mol. The number of hydrogen-bond donors (Lipinski definition) is 1. The second-order valence-electron chi connectivity index (χ2n) is 3.88. The van der Waals surface area contributed by atoms with Crippen LogP contribution in [0.3, 0.4) is 0 Å². The van der Waals surface area contributed by atoms with Gasteiger partial charge in [-0.15, -0.1) is 0 Å². The van der Waals surface area contributed by atoms with Gasteiger partial charge in [-0.25, -0.2) is 0 Å². The third-order valence-corrected chi connectivity index (χ3v) is 2.82. The van der Waals surface area contributed by atoms with Gasteiger partial charge in [-0.3, -0.25) is 0 Å². The summed E-state index contributed by atoms with van der Waals surface area (Å²) in [4.78, 5) is 0. The first-order valence-corrected chi connectivity index (χ1v) is 5.93. The van der Waals surface area contributed by atoms with Crippen LogP contribution < -0.4 is 5.73 Å². The Morgan fingerprint density at radius 1 is 1.50 bits per heavy atom. The summed E-state index contributed by atoms with van der Waals surface area (Å²) in [6, 6.07) is 3.86. The first kappa shape index (κ1) is 11.8. The Hall–Kier alpha value is -0.280. The highest BCUT2D eigenvalue weighted by Crippen LogP contribution is 2.25. The van der Waals surface area contributed by atoms with E-state index >= 15 is 0 Å². The van der Waals surface area contributed by atoms with E-state index in [0.717, 1.165) is 16.9 Å². The average Bonchev–Trinajstić information content (AvgIpc) is 2.52. The van der Waals surface area contributed by atoms with Gasteiger partial charge in [0, 0.05) is 0 Å². The molecular formula is C11H18BrNO. The summed E-state index contributed by atoms with van der Waals surface area (Å²) in [5, 5.41) is 0. The van der Waals surface area contributed by atoms with Gasteiger partial charge in [0.1, 0.15) is 5.76 Å². The molecule has 3 heteroatoms. The van der Waals surface area contributed by atoms with E-state index < -0.39 is 0 Å². The first-order valence-electron chi connectivity index (χ1n) is 5.14. The molecule has 1 aromatic rings. The van der Waals surface area contributed by atoms with Gasteiger partial charge >= 0.3 is 0 Å². The molecule has 0 aliphatic heterocycles. The van der Waals surface area contributed by atoms with Crippen molar-refractivity contribution in [3.05, 3.63) is 22.6 Å². The van der Waals surface area contributed by atoms with Crippen LogP contribution in [0.5, 0.6) is 0 Å². The Kier molecular flexibility index (Phi) is 4.69. The SMILES string of the molecule is CCCC(C)CC(N)c1ccc(Br)o1. The monoisotopic (exact) mass is 259 g/mol. The lowest BCUT2D eigenvalue weighted by molar-refractivity contribution is 0.381. The zero-order valence-electron chi connectivity index (χ0n) is 8.79. The maximum absolute atomic E-state index is 6.02. The van der Waals surface area contributed by atoms with Crippen molar-refractivity contribution in [3.63, 3.8) is 0 Å². The van der Waals surface area contributed by atoms with Gasteiger partial charge in [-0.1, -0.05) is 26.7 Å². The van der Waals surface area contributed by atoms with Gasteiger partial charge in [-0.05, 0) is 40.4 Å². The molecule has 0 aliphatic carbocycles. The molecule has 1 rings (SSSR count). The van der Waals surface area contributed by atoms with Crippen molar-refractivity contribution in [3.8, 4) is 0 Å². The molecule has 0 spiro atoms. The molecule has 0 radical (unpaired) electrons. The molecule has 2 atom stereocenters.